The zero-order valence-corrected chi connectivity index (χ0v) is 36.2. The number of hydrogen-bond acceptors (Lipinski definition) is 11. The third kappa shape index (κ3) is 9.43. The molecule has 4 aromatic rings. The van der Waals surface area contributed by atoms with Crippen LogP contribution in [0, 0.1) is 0 Å². The molecule has 4 aliphatic heterocycles. The third-order valence-electron chi connectivity index (χ3n) is 12.5. The Morgan fingerprint density at radius 1 is 0.610 bits per heavy atom. The SMILES string of the molecule is CCCC[C@@H]1O[C@H]1Cc1cc(-c2nc(OC)c([C@@H](C)CC)c([C@H]3CO3)n2)ccc1Oc1ccc(-c2nc(OC)c([C@@H](C)CC)c([C@H]3CO3)n2)cc1C[C@@H]1O[C@H]1CCCC. The van der Waals surface area contributed by atoms with E-state index in [2.05, 4.69) is 77.9 Å². The normalized spacial score (nSPS) is 23.7. The second kappa shape index (κ2) is 18.2. The minimum absolute atomic E-state index is 0.0349. The monoisotopic (exact) mass is 806 g/mol. The minimum atomic E-state index is -0.0349. The number of aromatic nitrogens is 4. The molecule has 0 saturated carbocycles. The van der Waals surface area contributed by atoms with Gasteiger partial charge in [-0.05, 0) is 85.0 Å². The van der Waals surface area contributed by atoms with Crippen molar-refractivity contribution in [2.75, 3.05) is 27.4 Å². The molecule has 8 rings (SSSR count). The predicted molar refractivity (Wildman–Crippen MR) is 227 cm³/mol. The van der Waals surface area contributed by atoms with E-state index in [1.54, 1.807) is 14.2 Å². The summed E-state index contributed by atoms with van der Waals surface area (Å²) in [5.74, 6) is 4.50. The molecule has 2 aromatic heterocycles. The molecule has 316 valence electrons. The van der Waals surface area contributed by atoms with Crippen LogP contribution in [0.3, 0.4) is 0 Å². The Bertz CT molecular complexity index is 1960. The molecule has 0 bridgehead atoms. The van der Waals surface area contributed by atoms with Crippen LogP contribution >= 0.6 is 0 Å². The van der Waals surface area contributed by atoms with E-state index in [-0.39, 0.29) is 48.5 Å². The van der Waals surface area contributed by atoms with E-state index in [4.69, 9.17) is 53.1 Å². The van der Waals surface area contributed by atoms with Crippen LogP contribution in [0.2, 0.25) is 0 Å². The quantitative estimate of drug-likeness (QED) is 0.0704. The molecular weight excluding hydrogens is 745 g/mol. The maximum atomic E-state index is 6.99. The van der Waals surface area contributed by atoms with Crippen LogP contribution in [0.15, 0.2) is 36.4 Å². The van der Waals surface area contributed by atoms with Crippen LogP contribution in [0.4, 0.5) is 0 Å². The van der Waals surface area contributed by atoms with E-state index in [9.17, 15) is 0 Å². The molecule has 59 heavy (non-hydrogen) atoms. The maximum absolute atomic E-state index is 6.99. The molecule has 4 saturated heterocycles. The van der Waals surface area contributed by atoms with Crippen LogP contribution in [-0.4, -0.2) is 71.8 Å². The van der Waals surface area contributed by atoms with Crippen molar-refractivity contribution in [1.29, 1.82) is 0 Å². The van der Waals surface area contributed by atoms with Crippen molar-refractivity contribution < 1.29 is 33.2 Å². The van der Waals surface area contributed by atoms with Crippen LogP contribution in [0.1, 0.15) is 151 Å². The number of methoxy groups -OCH3 is 2. The van der Waals surface area contributed by atoms with Crippen molar-refractivity contribution in [2.24, 2.45) is 0 Å². The summed E-state index contributed by atoms with van der Waals surface area (Å²) >= 11 is 0. The summed E-state index contributed by atoms with van der Waals surface area (Å²) in [6, 6.07) is 12.5. The van der Waals surface area contributed by atoms with Crippen molar-refractivity contribution >= 4 is 0 Å². The second-order valence-corrected chi connectivity index (χ2v) is 16.8. The molecule has 0 spiro atoms. The molecule has 0 radical (unpaired) electrons. The van der Waals surface area contributed by atoms with E-state index in [1.165, 1.54) is 0 Å². The summed E-state index contributed by atoms with van der Waals surface area (Å²) in [5.41, 5.74) is 7.80. The zero-order chi connectivity index (χ0) is 41.2. The highest BCUT2D eigenvalue weighted by atomic mass is 16.6. The van der Waals surface area contributed by atoms with Gasteiger partial charge < -0.3 is 33.2 Å². The summed E-state index contributed by atoms with van der Waals surface area (Å²) in [5, 5.41) is 0. The topological polar surface area (TPSA) is 129 Å². The van der Waals surface area contributed by atoms with Gasteiger partial charge in [0.25, 0.3) is 0 Å². The lowest BCUT2D eigenvalue weighted by Gasteiger charge is -2.19. The van der Waals surface area contributed by atoms with E-state index in [0.29, 0.717) is 36.6 Å². The standard InChI is InChI=1S/C48H62N4O7/c1-9-13-15-35-37(58-35)23-31-21-29(45-49-43(39-25-55-39)41(27(5)11-3)47(51-45)53-7)17-19-33(31)57-34-20-18-30(22-32(34)24-38-36(59-38)16-14-10-2)46-50-44(40-26-56-40)42(28(6)12-4)48(52-46)54-8/h17-22,27-28,35-40H,9-16,23-26H2,1-8H3/t27-,28-,35-,36-,37-,38-,39+,40+/m0/s1. The molecule has 0 aliphatic carbocycles. The molecule has 0 N–H and O–H groups in total. The molecule has 6 heterocycles. The van der Waals surface area contributed by atoms with Gasteiger partial charge in [0.05, 0.1) is 63.2 Å². The highest BCUT2D eigenvalue weighted by molar-refractivity contribution is 5.64. The second-order valence-electron chi connectivity index (χ2n) is 16.8. The van der Waals surface area contributed by atoms with E-state index in [0.717, 1.165) is 120 Å². The highest BCUT2D eigenvalue weighted by Gasteiger charge is 2.40. The van der Waals surface area contributed by atoms with Gasteiger partial charge in [0.1, 0.15) is 23.7 Å². The lowest BCUT2D eigenvalue weighted by atomic mass is 9.96. The Labute approximate surface area is 349 Å². The van der Waals surface area contributed by atoms with E-state index < -0.39 is 0 Å². The van der Waals surface area contributed by atoms with Crippen molar-refractivity contribution in [3.8, 4) is 46.0 Å². The predicted octanol–water partition coefficient (Wildman–Crippen LogP) is 10.6. The molecule has 4 fully saturated rings. The number of hydrogen-bond donors (Lipinski definition) is 0. The molecule has 11 heteroatoms. The zero-order valence-electron chi connectivity index (χ0n) is 36.2. The summed E-state index contributed by atoms with van der Waals surface area (Å²) in [4.78, 5) is 20.2. The maximum Gasteiger partial charge on any atom is 0.220 e. The molecule has 4 aliphatic rings. The summed E-state index contributed by atoms with van der Waals surface area (Å²) in [7, 11) is 3.37. The lowest BCUT2D eigenvalue weighted by molar-refractivity contribution is 0.356. The van der Waals surface area contributed by atoms with Gasteiger partial charge in [-0.3, -0.25) is 0 Å². The summed E-state index contributed by atoms with van der Waals surface area (Å²) in [6.45, 7) is 14.5. The molecular formula is C48H62N4O7. The van der Waals surface area contributed by atoms with Crippen molar-refractivity contribution in [3.63, 3.8) is 0 Å². The van der Waals surface area contributed by atoms with Crippen LogP contribution in [0.5, 0.6) is 23.3 Å². The van der Waals surface area contributed by atoms with Gasteiger partial charge in [-0.15, -0.1) is 0 Å². The van der Waals surface area contributed by atoms with Gasteiger partial charge in [0.2, 0.25) is 11.8 Å². The van der Waals surface area contributed by atoms with Crippen LogP contribution < -0.4 is 14.2 Å². The van der Waals surface area contributed by atoms with E-state index in [1.807, 2.05) is 0 Å². The Morgan fingerprint density at radius 2 is 1.03 bits per heavy atom. The largest absolute Gasteiger partial charge is 0.481 e. The fourth-order valence-electron chi connectivity index (χ4n) is 8.28. The first-order valence-corrected chi connectivity index (χ1v) is 22.2. The van der Waals surface area contributed by atoms with Gasteiger partial charge in [0, 0.05) is 35.1 Å². The Morgan fingerprint density at radius 3 is 1.39 bits per heavy atom. The summed E-state index contributed by atoms with van der Waals surface area (Å²) < 4.78 is 42.8. The molecule has 11 nitrogen and oxygen atoms in total. The van der Waals surface area contributed by atoms with Gasteiger partial charge in [0.15, 0.2) is 11.6 Å². The van der Waals surface area contributed by atoms with Gasteiger partial charge in [-0.2, -0.15) is 9.97 Å². The number of nitrogens with zero attached hydrogens (tertiary/aromatic N) is 4. The van der Waals surface area contributed by atoms with Crippen molar-refractivity contribution in [3.05, 3.63) is 70.0 Å². The average molecular weight is 807 g/mol. The first-order valence-electron chi connectivity index (χ1n) is 22.2. The first-order chi connectivity index (χ1) is 28.8. The van der Waals surface area contributed by atoms with Gasteiger partial charge in [-0.1, -0.05) is 67.2 Å². The fourth-order valence-corrected chi connectivity index (χ4v) is 8.28. The third-order valence-corrected chi connectivity index (χ3v) is 12.5. The molecule has 2 aromatic carbocycles. The average Bonchev–Trinajstić information content (AvgIpc) is 4.05. The Hall–Kier alpha value is -4.16. The highest BCUT2D eigenvalue weighted by Crippen LogP contribution is 2.44. The van der Waals surface area contributed by atoms with E-state index >= 15 is 0 Å². The number of rotatable bonds is 22. The van der Waals surface area contributed by atoms with Gasteiger partial charge in [-0.25, -0.2) is 9.97 Å². The van der Waals surface area contributed by atoms with Crippen molar-refractivity contribution in [1.82, 2.24) is 19.9 Å². The fraction of sp³-hybridized carbons (Fsp3) is 0.583. The van der Waals surface area contributed by atoms with Gasteiger partial charge >= 0.3 is 0 Å². The number of epoxide rings is 4. The first kappa shape index (κ1) is 41.6. The number of unbranched alkanes of at least 4 members (excludes halogenated alkanes) is 2. The molecule has 8 atom stereocenters. The van der Waals surface area contributed by atoms with Crippen LogP contribution in [-0.2, 0) is 31.8 Å². The smallest absolute Gasteiger partial charge is 0.220 e. The van der Waals surface area contributed by atoms with Crippen LogP contribution in [0.25, 0.3) is 22.8 Å². The Balaban J connectivity index is 1.16. The molecule has 0 unspecified atom stereocenters. The number of benzene rings is 2. The Kier molecular flexibility index (Phi) is 12.8. The lowest BCUT2D eigenvalue weighted by Crippen LogP contribution is -2.09. The molecule has 0 amide bonds. The summed E-state index contributed by atoms with van der Waals surface area (Å²) in [6.07, 6.45) is 10.8. The minimum Gasteiger partial charge on any atom is -0.481 e. The van der Waals surface area contributed by atoms with Crippen molar-refractivity contribution in [2.45, 2.75) is 154 Å². The number of ether oxygens (including phenoxy) is 7.